The molecule has 4 fully saturated rings. The van der Waals surface area contributed by atoms with E-state index in [0.29, 0.717) is 17.1 Å². The van der Waals surface area contributed by atoms with Crippen LogP contribution in [0.4, 0.5) is 0 Å². The van der Waals surface area contributed by atoms with Gasteiger partial charge in [0.25, 0.3) is 0 Å². The van der Waals surface area contributed by atoms with Gasteiger partial charge in [0.2, 0.25) is 24.3 Å². The molecular weight excluding hydrogens is 880 g/mol. The van der Waals surface area contributed by atoms with Gasteiger partial charge in [0.15, 0.2) is 41.9 Å². The first kappa shape index (κ1) is 47.4. The number of benzene rings is 2. The fourth-order valence-corrected chi connectivity index (χ4v) is 7.95. The Morgan fingerprint density at radius 3 is 1.91 bits per heavy atom. The molecule has 1 aromatic heterocycles. The number of methoxy groups -OCH3 is 2. The topological polar surface area (TPSA) is 364 Å². The lowest BCUT2D eigenvalue weighted by molar-refractivity contribution is -0.358. The monoisotopic (exact) mass is 930 g/mol. The van der Waals surface area contributed by atoms with Gasteiger partial charge in [-0.3, -0.25) is 4.79 Å². The summed E-state index contributed by atoms with van der Waals surface area (Å²) in [6, 6.07) is 6.13. The van der Waals surface area contributed by atoms with Gasteiger partial charge in [0.1, 0.15) is 89.5 Å². The molecule has 0 spiro atoms. The predicted octanol–water partition coefficient (Wildman–Crippen LogP) is -4.86. The third kappa shape index (κ3) is 8.71. The third-order valence-corrected chi connectivity index (χ3v) is 11.9. The number of aliphatic hydroxyl groups excluding tert-OH is 9. The molecular formula is C40H50O25. The van der Waals surface area contributed by atoms with E-state index in [2.05, 4.69) is 0 Å². The van der Waals surface area contributed by atoms with E-state index in [1.165, 1.54) is 26.5 Å². The second-order valence-corrected chi connectivity index (χ2v) is 16.1. The van der Waals surface area contributed by atoms with E-state index >= 15 is 0 Å². The van der Waals surface area contributed by atoms with Crippen LogP contribution in [0.1, 0.15) is 0 Å². The molecule has 8 rings (SSSR count). The average molecular weight is 931 g/mol. The summed E-state index contributed by atoms with van der Waals surface area (Å²) in [5, 5.41) is 117. The molecule has 25 heteroatoms. The molecule has 0 radical (unpaired) electrons. The van der Waals surface area contributed by atoms with Crippen LogP contribution in [-0.2, 0) is 33.2 Å². The minimum Gasteiger partial charge on any atom is -0.492 e. The summed E-state index contributed by atoms with van der Waals surface area (Å²) >= 11 is 0. The van der Waals surface area contributed by atoms with Crippen LogP contribution in [0.2, 0.25) is 0 Å². The zero-order chi connectivity index (χ0) is 46.5. The highest BCUT2D eigenvalue weighted by molar-refractivity contribution is 5.91. The molecule has 4 saturated heterocycles. The van der Waals surface area contributed by atoms with Gasteiger partial charge in [-0.25, -0.2) is 0 Å². The predicted molar refractivity (Wildman–Crippen MR) is 207 cm³/mol. The van der Waals surface area contributed by atoms with E-state index in [9.17, 15) is 61.0 Å². The van der Waals surface area contributed by atoms with Crippen molar-refractivity contribution in [1.82, 2.24) is 0 Å². The van der Waals surface area contributed by atoms with Crippen molar-refractivity contribution in [2.24, 2.45) is 0 Å². The van der Waals surface area contributed by atoms with Gasteiger partial charge in [0.05, 0.1) is 59.4 Å². The van der Waals surface area contributed by atoms with Crippen LogP contribution < -0.4 is 29.1 Å². The number of rotatable bonds is 15. The van der Waals surface area contributed by atoms with Crippen LogP contribution >= 0.6 is 0 Å². The van der Waals surface area contributed by atoms with Crippen molar-refractivity contribution in [2.75, 3.05) is 60.7 Å². The number of hydrogen-bond donors (Lipinski definition) is 11. The molecule has 5 aliphatic rings. The molecule has 5 aliphatic heterocycles. The SMILES string of the molecule is COc1c(O[C@H]2O[C@@H](CO[C@@H]3OC[C@](O)(CO)[C@@H]3O)[C@H](O[C@@H]3O[C@H](CO[C@@H]4OC[C@@](O)(CO)[C@@H]4O)[C@@H](O)[C@H](O)[C@@H]3O)[C@@H](O)[C@@H]2O)cc2occ(-c3ccc4c(c3)OCO4)c(=O)c2c1OC. The second-order valence-electron chi connectivity index (χ2n) is 16.1. The molecule has 2 aromatic carbocycles. The summed E-state index contributed by atoms with van der Waals surface area (Å²) in [4.78, 5) is 14.0. The average Bonchev–Trinajstić information content (AvgIpc) is 3.99. The zero-order valence-corrected chi connectivity index (χ0v) is 34.6. The summed E-state index contributed by atoms with van der Waals surface area (Å²) < 4.78 is 73.5. The van der Waals surface area contributed by atoms with Crippen molar-refractivity contribution in [3.63, 3.8) is 0 Å². The van der Waals surface area contributed by atoms with Crippen molar-refractivity contribution < 1.29 is 117 Å². The van der Waals surface area contributed by atoms with Gasteiger partial charge in [-0.2, -0.15) is 0 Å². The summed E-state index contributed by atoms with van der Waals surface area (Å²) in [5.41, 5.74) is -4.18. The largest absolute Gasteiger partial charge is 0.492 e. The first-order chi connectivity index (χ1) is 31.1. The Hall–Kier alpha value is -4.07. The third-order valence-electron chi connectivity index (χ3n) is 11.9. The summed E-state index contributed by atoms with van der Waals surface area (Å²) in [5.74, 6) is 0.367. The molecule has 3 aromatic rings. The van der Waals surface area contributed by atoms with Gasteiger partial charge < -0.3 is 117 Å². The van der Waals surface area contributed by atoms with Crippen molar-refractivity contribution >= 4 is 11.0 Å². The highest BCUT2D eigenvalue weighted by Crippen LogP contribution is 2.45. The maximum absolute atomic E-state index is 14.0. The van der Waals surface area contributed by atoms with Gasteiger partial charge in [-0.05, 0) is 17.7 Å². The number of ether oxygens (including phenoxy) is 12. The van der Waals surface area contributed by atoms with Crippen LogP contribution in [0, 0.1) is 0 Å². The number of aliphatic hydroxyl groups is 11. The van der Waals surface area contributed by atoms with Crippen molar-refractivity contribution in [2.45, 2.75) is 97.4 Å². The van der Waals surface area contributed by atoms with Gasteiger partial charge in [0, 0.05) is 6.07 Å². The van der Waals surface area contributed by atoms with Crippen LogP contribution in [0.15, 0.2) is 39.7 Å². The highest BCUT2D eigenvalue weighted by Gasteiger charge is 2.54. The van der Waals surface area contributed by atoms with E-state index < -0.39 is 142 Å². The molecule has 0 bridgehead atoms. The van der Waals surface area contributed by atoms with E-state index in [0.717, 1.165) is 0 Å². The van der Waals surface area contributed by atoms with Crippen LogP contribution in [0.5, 0.6) is 28.7 Å². The second kappa shape index (κ2) is 18.9. The first-order valence-corrected chi connectivity index (χ1v) is 20.2. The Morgan fingerprint density at radius 1 is 0.692 bits per heavy atom. The van der Waals surface area contributed by atoms with E-state index in [4.69, 9.17) is 61.3 Å². The summed E-state index contributed by atoms with van der Waals surface area (Å²) in [6.07, 6.45) is -24.0. The summed E-state index contributed by atoms with van der Waals surface area (Å²) in [6.45, 7) is -4.15. The van der Waals surface area contributed by atoms with Crippen LogP contribution in [0.25, 0.3) is 22.1 Å². The van der Waals surface area contributed by atoms with E-state index in [1.807, 2.05) is 0 Å². The lowest BCUT2D eigenvalue weighted by atomic mass is 9.96. The fraction of sp³-hybridized carbons (Fsp3) is 0.625. The van der Waals surface area contributed by atoms with E-state index in [1.54, 1.807) is 18.2 Å². The molecule has 360 valence electrons. The van der Waals surface area contributed by atoms with Crippen molar-refractivity contribution in [1.29, 1.82) is 0 Å². The normalized spacial score (nSPS) is 38.0. The molecule has 0 unspecified atom stereocenters. The zero-order valence-electron chi connectivity index (χ0n) is 34.6. The molecule has 65 heavy (non-hydrogen) atoms. The van der Waals surface area contributed by atoms with Crippen LogP contribution in [0.3, 0.4) is 0 Å². The first-order valence-electron chi connectivity index (χ1n) is 20.2. The fourth-order valence-electron chi connectivity index (χ4n) is 7.95. The molecule has 11 N–H and O–H groups in total. The lowest BCUT2D eigenvalue weighted by Crippen LogP contribution is -2.65. The van der Waals surface area contributed by atoms with Crippen molar-refractivity contribution in [3.05, 3.63) is 40.8 Å². The smallest absolute Gasteiger partial charge is 0.231 e. The van der Waals surface area contributed by atoms with Gasteiger partial charge in [-0.15, -0.1) is 0 Å². The Morgan fingerprint density at radius 2 is 1.29 bits per heavy atom. The molecule has 0 amide bonds. The quantitative estimate of drug-likeness (QED) is 0.0681. The maximum atomic E-state index is 14.0. The molecule has 0 saturated carbocycles. The minimum atomic E-state index is -2.11. The van der Waals surface area contributed by atoms with Crippen LogP contribution in [-0.4, -0.2) is 214 Å². The molecule has 6 heterocycles. The Balaban J connectivity index is 1.05. The molecule has 0 aliphatic carbocycles. The number of hydrogen-bond acceptors (Lipinski definition) is 25. The van der Waals surface area contributed by atoms with Crippen molar-refractivity contribution in [3.8, 4) is 39.9 Å². The highest BCUT2D eigenvalue weighted by atomic mass is 16.8. The van der Waals surface area contributed by atoms with E-state index in [-0.39, 0.29) is 40.6 Å². The Kier molecular flexibility index (Phi) is 13.8. The minimum absolute atomic E-state index is 0.0125. The number of fused-ring (bicyclic) bond motifs is 2. The Labute approximate surface area is 366 Å². The molecule has 25 nitrogen and oxygen atoms in total. The molecule has 16 atom stereocenters. The van der Waals surface area contributed by atoms with Gasteiger partial charge >= 0.3 is 0 Å². The van der Waals surface area contributed by atoms with Gasteiger partial charge in [-0.1, -0.05) is 6.07 Å². The summed E-state index contributed by atoms with van der Waals surface area (Å²) in [7, 11) is 2.50. The standard InChI is InChI=1S/C40H50O25/c1-53-31-20(6-19-23(32(31)54-2)24(43)16(7-55-19)15-3-4-17-18(5-15)61-14-60-17)62-35-29(48)27(46)30(22(64-35)9-57-38-34(50)40(52,11-42)13-59-38)65-36-28(47)26(45)25(44)21(63-36)8-56-37-33(49)39(51,10-41)12-58-37/h3-7,21-22,25-30,33-38,41-42,44-52H,8-14H2,1-2H3/t21-,22+,25-,26+,27+,28+,29+,30+,33-,34-,35+,36+,37-,38-,39+,40-/m1/s1. The lowest BCUT2D eigenvalue weighted by Gasteiger charge is -2.46. The maximum Gasteiger partial charge on any atom is 0.231 e. The Bertz CT molecular complexity index is 2210.